The van der Waals surface area contributed by atoms with Crippen molar-refractivity contribution in [2.24, 2.45) is 5.92 Å². The van der Waals surface area contributed by atoms with E-state index in [2.05, 4.69) is 47.8 Å². The Balaban J connectivity index is 2.94. The number of allylic oxidation sites excluding steroid dienone is 1. The number of hydrogen-bond acceptors (Lipinski definition) is 4. The van der Waals surface area contributed by atoms with Crippen molar-refractivity contribution in [3.8, 4) is 0 Å². The van der Waals surface area contributed by atoms with Crippen molar-refractivity contribution in [2.75, 3.05) is 0 Å². The summed E-state index contributed by atoms with van der Waals surface area (Å²) in [6.45, 7) is 3.31. The first kappa shape index (κ1) is 16.2. The number of esters is 2. The van der Waals surface area contributed by atoms with Crippen molar-refractivity contribution in [1.82, 2.24) is 0 Å². The highest BCUT2D eigenvalue weighted by Gasteiger charge is 2.46. The van der Waals surface area contributed by atoms with Crippen molar-refractivity contribution in [2.45, 2.75) is 37.6 Å². The minimum Gasteiger partial charge on any atom is -0.462 e. The molecule has 1 aliphatic heterocycles. The van der Waals surface area contributed by atoms with Gasteiger partial charge in [0.25, 0.3) is 0 Å². The molecule has 1 saturated heterocycles. The number of alkyl halides is 1. The van der Waals surface area contributed by atoms with E-state index in [9.17, 15) is 9.59 Å². The molecule has 4 nitrogen and oxygen atoms in total. The predicted molar refractivity (Wildman–Crippen MR) is 77.6 cm³/mol. The van der Waals surface area contributed by atoms with Crippen molar-refractivity contribution in [3.63, 3.8) is 0 Å². The summed E-state index contributed by atoms with van der Waals surface area (Å²) in [6.07, 6.45) is 0.964. The second kappa shape index (κ2) is 7.05. The van der Waals surface area contributed by atoms with Crippen molar-refractivity contribution < 1.29 is 19.1 Å². The molecule has 0 aliphatic carbocycles. The Morgan fingerprint density at radius 1 is 1.50 bits per heavy atom. The first-order chi connectivity index (χ1) is 8.38. The van der Waals surface area contributed by atoms with Crippen LogP contribution in [0.1, 0.15) is 26.7 Å². The van der Waals surface area contributed by atoms with Crippen LogP contribution in [0.15, 0.2) is 9.15 Å². The molecule has 0 aromatic carbocycles. The molecule has 3 atom stereocenters. The number of carbonyl (C=O) groups excluding carboxylic acids is 2. The fourth-order valence-electron chi connectivity index (χ4n) is 1.81. The molecule has 7 heteroatoms. The topological polar surface area (TPSA) is 52.6 Å². The minimum atomic E-state index is -0.519. The Bertz CT molecular complexity index is 376. The van der Waals surface area contributed by atoms with Crippen LogP contribution in [0.4, 0.5) is 0 Å². The van der Waals surface area contributed by atoms with Gasteiger partial charge in [0.05, 0.1) is 4.83 Å². The SMILES string of the molecule is CCCC(OC(C)=O)[C@@H]1C(=O)OC(=C(Br)Br)C1Br. The van der Waals surface area contributed by atoms with Crippen LogP contribution in [0.3, 0.4) is 0 Å². The lowest BCUT2D eigenvalue weighted by molar-refractivity contribution is -0.154. The Kier molecular flexibility index (Phi) is 6.34. The van der Waals surface area contributed by atoms with E-state index in [1.165, 1.54) is 6.92 Å². The molecule has 1 fully saturated rings. The Hall–Kier alpha value is 0.120. The van der Waals surface area contributed by atoms with E-state index in [4.69, 9.17) is 9.47 Å². The smallest absolute Gasteiger partial charge is 0.319 e. The highest BCUT2D eigenvalue weighted by atomic mass is 79.9. The van der Waals surface area contributed by atoms with Gasteiger partial charge < -0.3 is 9.47 Å². The number of rotatable bonds is 4. The van der Waals surface area contributed by atoms with E-state index < -0.39 is 18.0 Å². The number of ether oxygens (including phenoxy) is 2. The maximum Gasteiger partial charge on any atom is 0.319 e. The number of carbonyl (C=O) groups is 2. The lowest BCUT2D eigenvalue weighted by atomic mass is 9.96. The summed E-state index contributed by atoms with van der Waals surface area (Å²) in [5.74, 6) is -0.827. The molecule has 102 valence electrons. The molecule has 0 spiro atoms. The second-order valence-electron chi connectivity index (χ2n) is 3.91. The van der Waals surface area contributed by atoms with Gasteiger partial charge in [0.15, 0.2) is 0 Å². The number of hydrogen-bond donors (Lipinski definition) is 0. The minimum absolute atomic E-state index is 0.311. The van der Waals surface area contributed by atoms with Crippen LogP contribution in [0, 0.1) is 5.92 Å². The summed E-state index contributed by atoms with van der Waals surface area (Å²) in [6, 6.07) is 0. The Morgan fingerprint density at radius 2 is 2.11 bits per heavy atom. The molecule has 0 saturated carbocycles. The molecule has 1 heterocycles. The molecule has 0 amide bonds. The second-order valence-corrected chi connectivity index (χ2v) is 7.55. The standard InChI is InChI=1S/C11H13Br3O4/c1-3-4-6(17-5(2)15)7-8(12)9(10(13)14)18-11(7)16/h6-8H,3-4H2,1-2H3/t6?,7-,8?/m0/s1. The first-order valence-corrected chi connectivity index (χ1v) is 7.96. The fourth-order valence-corrected chi connectivity index (χ4v) is 3.96. The van der Waals surface area contributed by atoms with Crippen LogP contribution in [0.25, 0.3) is 0 Å². The van der Waals surface area contributed by atoms with Crippen molar-refractivity contribution >= 4 is 59.7 Å². The molecule has 2 unspecified atom stereocenters. The predicted octanol–water partition coefficient (Wildman–Crippen LogP) is 3.61. The van der Waals surface area contributed by atoms with Crippen LogP contribution in [0.2, 0.25) is 0 Å². The van der Waals surface area contributed by atoms with Gasteiger partial charge in [0.2, 0.25) is 0 Å². The average Bonchev–Trinajstić information content (AvgIpc) is 2.53. The summed E-state index contributed by atoms with van der Waals surface area (Å²) < 4.78 is 11.0. The molecule has 0 bridgehead atoms. The van der Waals surface area contributed by atoms with Gasteiger partial charge in [0.1, 0.15) is 21.2 Å². The highest BCUT2D eigenvalue weighted by molar-refractivity contribution is 9.28. The van der Waals surface area contributed by atoms with E-state index in [-0.39, 0.29) is 10.8 Å². The van der Waals surface area contributed by atoms with Crippen molar-refractivity contribution in [3.05, 3.63) is 9.15 Å². The molecule has 0 aromatic rings. The van der Waals surface area contributed by atoms with Gasteiger partial charge in [-0.2, -0.15) is 0 Å². The maximum absolute atomic E-state index is 11.9. The molecular weight excluding hydrogens is 436 g/mol. The molecule has 0 N–H and O–H groups in total. The van der Waals surface area contributed by atoms with E-state index >= 15 is 0 Å². The van der Waals surface area contributed by atoms with Crippen LogP contribution in [-0.2, 0) is 19.1 Å². The van der Waals surface area contributed by atoms with Crippen LogP contribution in [-0.4, -0.2) is 22.9 Å². The lowest BCUT2D eigenvalue weighted by Gasteiger charge is -2.21. The highest BCUT2D eigenvalue weighted by Crippen LogP contribution is 2.40. The first-order valence-electron chi connectivity index (χ1n) is 5.46. The molecule has 0 radical (unpaired) electrons. The zero-order valence-electron chi connectivity index (χ0n) is 9.91. The van der Waals surface area contributed by atoms with Crippen LogP contribution in [0.5, 0.6) is 0 Å². The van der Waals surface area contributed by atoms with Gasteiger partial charge >= 0.3 is 11.9 Å². The van der Waals surface area contributed by atoms with E-state index in [0.29, 0.717) is 15.6 Å². The van der Waals surface area contributed by atoms with Gasteiger partial charge in [-0.3, -0.25) is 9.59 Å². The molecule has 1 rings (SSSR count). The Labute approximate surface area is 131 Å². The maximum atomic E-state index is 11.9. The number of cyclic esters (lactones) is 1. The number of halogens is 3. The fraction of sp³-hybridized carbons (Fsp3) is 0.636. The zero-order valence-corrected chi connectivity index (χ0v) is 14.7. The normalized spacial score (nSPS) is 24.7. The molecule has 0 aromatic heterocycles. The third-order valence-corrected chi connectivity index (χ3v) is 4.29. The van der Waals surface area contributed by atoms with Gasteiger partial charge in [-0.25, -0.2) is 0 Å². The van der Waals surface area contributed by atoms with Gasteiger partial charge in [-0.1, -0.05) is 29.3 Å². The summed E-state index contributed by atoms with van der Waals surface area (Å²) in [4.78, 5) is 22.7. The lowest BCUT2D eigenvalue weighted by Crippen LogP contribution is -2.33. The van der Waals surface area contributed by atoms with Gasteiger partial charge in [0, 0.05) is 6.92 Å². The third-order valence-electron chi connectivity index (χ3n) is 2.53. The van der Waals surface area contributed by atoms with Gasteiger partial charge in [-0.15, -0.1) is 0 Å². The van der Waals surface area contributed by atoms with Crippen LogP contribution >= 0.6 is 47.8 Å². The summed E-state index contributed by atoms with van der Waals surface area (Å²) in [7, 11) is 0. The van der Waals surface area contributed by atoms with E-state index in [1.807, 2.05) is 6.92 Å². The summed E-state index contributed by atoms with van der Waals surface area (Å²) in [5.41, 5.74) is 0. The average molecular weight is 449 g/mol. The van der Waals surface area contributed by atoms with Gasteiger partial charge in [-0.05, 0) is 38.3 Å². The Morgan fingerprint density at radius 3 is 2.50 bits per heavy atom. The molecular formula is C11H13Br3O4. The molecule has 1 aliphatic rings. The van der Waals surface area contributed by atoms with Crippen LogP contribution < -0.4 is 0 Å². The van der Waals surface area contributed by atoms with E-state index in [1.54, 1.807) is 0 Å². The largest absolute Gasteiger partial charge is 0.462 e. The third kappa shape index (κ3) is 3.81. The van der Waals surface area contributed by atoms with Crippen molar-refractivity contribution in [1.29, 1.82) is 0 Å². The summed E-state index contributed by atoms with van der Waals surface area (Å²) >= 11 is 9.85. The monoisotopic (exact) mass is 446 g/mol. The van der Waals surface area contributed by atoms with E-state index in [0.717, 1.165) is 6.42 Å². The zero-order chi connectivity index (χ0) is 13.9. The quantitative estimate of drug-likeness (QED) is 0.487. The molecule has 18 heavy (non-hydrogen) atoms. The summed E-state index contributed by atoms with van der Waals surface area (Å²) in [5, 5.41) is 0.